The molecule has 98 valence electrons. The third kappa shape index (κ3) is 5.49. The Morgan fingerprint density at radius 1 is 1.41 bits per heavy atom. The van der Waals surface area contributed by atoms with E-state index in [-0.39, 0.29) is 11.8 Å². The number of hydrogen-bond donors (Lipinski definition) is 2. The summed E-state index contributed by atoms with van der Waals surface area (Å²) in [6, 6.07) is 0. The normalized spacial score (nSPS) is 12.2. The highest BCUT2D eigenvalue weighted by atomic mass is 16.5. The van der Waals surface area contributed by atoms with E-state index in [4.69, 9.17) is 14.9 Å². The summed E-state index contributed by atoms with van der Waals surface area (Å²) in [6.07, 6.45) is 1.88. The summed E-state index contributed by atoms with van der Waals surface area (Å²) in [4.78, 5) is 11.2. The first kappa shape index (κ1) is 15.6. The molecular weight excluding hydrogens is 220 g/mol. The molecule has 0 aromatic carbocycles. The van der Waals surface area contributed by atoms with Gasteiger partial charge in [-0.3, -0.25) is 10.1 Å². The molecule has 0 aliphatic rings. The Bertz CT molecular complexity index is 309. The minimum atomic E-state index is -0.421. The molecule has 2 N–H and O–H groups in total. The van der Waals surface area contributed by atoms with Crippen molar-refractivity contribution in [1.29, 1.82) is 5.41 Å². The van der Waals surface area contributed by atoms with Gasteiger partial charge in [0.2, 0.25) is 5.91 Å². The fraction of sp³-hybridized carbons (Fsp3) is 0.667. The molecule has 0 aromatic rings. The van der Waals surface area contributed by atoms with Gasteiger partial charge in [-0.05, 0) is 0 Å². The van der Waals surface area contributed by atoms with Gasteiger partial charge in [0, 0.05) is 30.7 Å². The lowest BCUT2D eigenvalue weighted by atomic mass is 9.88. The summed E-state index contributed by atoms with van der Waals surface area (Å²) >= 11 is 0. The fourth-order valence-corrected chi connectivity index (χ4v) is 1.14. The average Bonchev–Trinajstić information content (AvgIpc) is 2.27. The number of carbonyl (C=O) groups excluding carboxylic acids is 1. The molecule has 0 bridgehead atoms. The maximum Gasteiger partial charge on any atom is 0.226 e. The largest absolute Gasteiger partial charge is 0.482 e. The Labute approximate surface area is 103 Å². The van der Waals surface area contributed by atoms with E-state index in [0.29, 0.717) is 18.7 Å². The van der Waals surface area contributed by atoms with Crippen LogP contribution in [-0.2, 0) is 14.3 Å². The second-order valence-electron chi connectivity index (χ2n) is 4.35. The second-order valence-corrected chi connectivity index (χ2v) is 4.35. The average molecular weight is 242 g/mol. The highest BCUT2D eigenvalue weighted by molar-refractivity contribution is 5.97. The maximum atomic E-state index is 11.2. The molecule has 0 rings (SSSR count). The van der Waals surface area contributed by atoms with Gasteiger partial charge in [0.05, 0.1) is 13.7 Å². The number of allylic oxidation sites excluding steroid dienone is 1. The molecule has 1 amide bonds. The number of rotatable bonds is 7. The smallest absolute Gasteiger partial charge is 0.226 e. The van der Waals surface area contributed by atoms with Crippen LogP contribution < -0.4 is 5.32 Å². The van der Waals surface area contributed by atoms with Crippen LogP contribution in [0.15, 0.2) is 12.0 Å². The SMILES string of the molecule is CCC(=O)N/C(=C/C(=N)C(C)(C)COC)OC. The van der Waals surface area contributed by atoms with Crippen molar-refractivity contribution in [2.24, 2.45) is 5.41 Å². The van der Waals surface area contributed by atoms with Crippen molar-refractivity contribution in [3.63, 3.8) is 0 Å². The van der Waals surface area contributed by atoms with Gasteiger partial charge in [-0.25, -0.2) is 0 Å². The summed E-state index contributed by atoms with van der Waals surface area (Å²) < 4.78 is 10.1. The zero-order valence-electron chi connectivity index (χ0n) is 11.2. The topological polar surface area (TPSA) is 71.4 Å². The lowest BCUT2D eigenvalue weighted by molar-refractivity contribution is -0.120. The van der Waals surface area contributed by atoms with Crippen molar-refractivity contribution in [3.8, 4) is 0 Å². The third-order valence-corrected chi connectivity index (χ3v) is 2.31. The van der Waals surface area contributed by atoms with E-state index in [0.717, 1.165) is 0 Å². The molecule has 5 nitrogen and oxygen atoms in total. The van der Waals surface area contributed by atoms with E-state index in [9.17, 15) is 4.79 Å². The first-order valence-electron chi connectivity index (χ1n) is 5.50. The van der Waals surface area contributed by atoms with Crippen molar-refractivity contribution in [2.75, 3.05) is 20.8 Å². The van der Waals surface area contributed by atoms with Crippen LogP contribution in [0.2, 0.25) is 0 Å². The van der Waals surface area contributed by atoms with Crippen LogP contribution in [0.1, 0.15) is 27.2 Å². The van der Waals surface area contributed by atoms with Crippen molar-refractivity contribution < 1.29 is 14.3 Å². The highest BCUT2D eigenvalue weighted by Crippen LogP contribution is 2.18. The van der Waals surface area contributed by atoms with E-state index in [2.05, 4.69) is 5.32 Å². The van der Waals surface area contributed by atoms with Gasteiger partial charge in [-0.2, -0.15) is 0 Å². The summed E-state index contributed by atoms with van der Waals surface area (Å²) in [5, 5.41) is 10.5. The number of carbonyl (C=O) groups is 1. The Hall–Kier alpha value is -1.36. The molecule has 0 aliphatic carbocycles. The number of hydrogen-bond acceptors (Lipinski definition) is 4. The van der Waals surface area contributed by atoms with Crippen LogP contribution in [-0.4, -0.2) is 32.4 Å². The Morgan fingerprint density at radius 2 is 2.00 bits per heavy atom. The quantitative estimate of drug-likeness (QED) is 0.527. The number of nitrogens with one attached hydrogen (secondary N) is 2. The van der Waals surface area contributed by atoms with Gasteiger partial charge >= 0.3 is 0 Å². The second kappa shape index (κ2) is 7.06. The van der Waals surface area contributed by atoms with E-state index in [1.807, 2.05) is 13.8 Å². The van der Waals surface area contributed by atoms with Crippen LogP contribution in [0.4, 0.5) is 0 Å². The molecular formula is C12H22N2O3. The Morgan fingerprint density at radius 3 is 2.41 bits per heavy atom. The minimum absolute atomic E-state index is 0.143. The number of methoxy groups -OCH3 is 2. The minimum Gasteiger partial charge on any atom is -0.482 e. The Balaban J connectivity index is 4.72. The van der Waals surface area contributed by atoms with Crippen LogP contribution >= 0.6 is 0 Å². The molecule has 17 heavy (non-hydrogen) atoms. The van der Waals surface area contributed by atoms with Gasteiger partial charge in [-0.1, -0.05) is 20.8 Å². The van der Waals surface area contributed by atoms with Crippen molar-refractivity contribution in [3.05, 3.63) is 12.0 Å². The molecule has 0 heterocycles. The Kier molecular flexibility index (Phi) is 6.50. The highest BCUT2D eigenvalue weighted by Gasteiger charge is 2.23. The molecule has 0 unspecified atom stereocenters. The van der Waals surface area contributed by atoms with Gasteiger partial charge < -0.3 is 14.9 Å². The van der Waals surface area contributed by atoms with Crippen molar-refractivity contribution >= 4 is 11.6 Å². The molecule has 0 fully saturated rings. The molecule has 0 spiro atoms. The molecule has 0 atom stereocenters. The number of amides is 1. The van der Waals surface area contributed by atoms with Gasteiger partial charge in [0.15, 0.2) is 5.88 Å². The monoisotopic (exact) mass is 242 g/mol. The molecule has 0 radical (unpaired) electrons. The summed E-state index contributed by atoms with van der Waals surface area (Å²) in [5.41, 5.74) is -0.0808. The van der Waals surface area contributed by atoms with Crippen molar-refractivity contribution in [2.45, 2.75) is 27.2 Å². The predicted octanol–water partition coefficient (Wildman–Crippen LogP) is 1.69. The van der Waals surface area contributed by atoms with Gasteiger partial charge in [-0.15, -0.1) is 0 Å². The molecule has 0 saturated carbocycles. The van der Waals surface area contributed by atoms with E-state index in [1.165, 1.54) is 13.2 Å². The zero-order valence-corrected chi connectivity index (χ0v) is 11.2. The van der Waals surface area contributed by atoms with Gasteiger partial charge in [0.25, 0.3) is 0 Å². The van der Waals surface area contributed by atoms with Crippen LogP contribution in [0.25, 0.3) is 0 Å². The molecule has 5 heteroatoms. The first-order valence-corrected chi connectivity index (χ1v) is 5.50. The predicted molar refractivity (Wildman–Crippen MR) is 66.9 cm³/mol. The lowest BCUT2D eigenvalue weighted by Gasteiger charge is -2.23. The van der Waals surface area contributed by atoms with Crippen LogP contribution in [0, 0.1) is 10.8 Å². The summed E-state index contributed by atoms with van der Waals surface area (Å²) in [5.74, 6) is 0.140. The number of ether oxygens (including phenoxy) is 2. The molecule has 0 aliphatic heterocycles. The molecule has 0 aromatic heterocycles. The van der Waals surface area contributed by atoms with E-state index < -0.39 is 5.41 Å². The standard InChI is InChI=1S/C12H22N2O3/c1-6-10(15)14-11(17-5)7-9(13)12(2,3)8-16-4/h7,13H,6,8H2,1-5H3,(H,14,15)/b11-7-,13-9?. The van der Waals surface area contributed by atoms with E-state index >= 15 is 0 Å². The summed E-state index contributed by atoms with van der Waals surface area (Å²) in [6.45, 7) is 5.97. The fourth-order valence-electron chi connectivity index (χ4n) is 1.14. The van der Waals surface area contributed by atoms with Crippen molar-refractivity contribution in [1.82, 2.24) is 5.32 Å². The summed E-state index contributed by atoms with van der Waals surface area (Å²) in [7, 11) is 3.05. The van der Waals surface area contributed by atoms with Gasteiger partial charge in [0.1, 0.15) is 0 Å². The zero-order chi connectivity index (χ0) is 13.5. The third-order valence-electron chi connectivity index (χ3n) is 2.31. The molecule has 0 saturated heterocycles. The van der Waals surface area contributed by atoms with Crippen LogP contribution in [0.3, 0.4) is 0 Å². The lowest BCUT2D eigenvalue weighted by Crippen LogP contribution is -2.30. The first-order chi connectivity index (χ1) is 7.87. The van der Waals surface area contributed by atoms with E-state index in [1.54, 1.807) is 14.0 Å². The maximum absolute atomic E-state index is 11.2. The van der Waals surface area contributed by atoms with Crippen LogP contribution in [0.5, 0.6) is 0 Å².